The van der Waals surface area contributed by atoms with Crippen LogP contribution >= 0.6 is 15.9 Å². The lowest BCUT2D eigenvalue weighted by Gasteiger charge is -2.20. The average molecular weight is 362 g/mol. The molecule has 1 heterocycles. The van der Waals surface area contributed by atoms with Gasteiger partial charge in [0.05, 0.1) is 17.6 Å². The highest BCUT2D eigenvalue weighted by Crippen LogP contribution is 2.16. The number of carbonyl (C=O) groups excluding carboxylic acids is 1. The maximum Gasteiger partial charge on any atom is 0.343 e. The summed E-state index contributed by atoms with van der Waals surface area (Å²) in [6.45, 7) is 4.19. The first-order valence-corrected chi connectivity index (χ1v) is 7.43. The number of ether oxygens (including phenoxy) is 3. The first kappa shape index (κ1) is 17.9. The number of methoxy groups -OCH3 is 2. The summed E-state index contributed by atoms with van der Waals surface area (Å²) in [5.41, 5.74) is 0.395. The van der Waals surface area contributed by atoms with Gasteiger partial charge in [-0.25, -0.2) is 4.79 Å². The van der Waals surface area contributed by atoms with Crippen LogP contribution < -0.4 is 5.43 Å². The molecule has 0 N–H and O–H groups in total. The van der Waals surface area contributed by atoms with Gasteiger partial charge in [0, 0.05) is 26.1 Å². The van der Waals surface area contributed by atoms with Crippen LogP contribution in [0.2, 0.25) is 0 Å². The van der Waals surface area contributed by atoms with Gasteiger partial charge in [-0.2, -0.15) is 0 Å². The monoisotopic (exact) mass is 361 g/mol. The van der Waals surface area contributed by atoms with E-state index in [-0.39, 0.29) is 17.6 Å². The Kier molecular flexibility index (Phi) is 7.07. The van der Waals surface area contributed by atoms with Gasteiger partial charge in [-0.1, -0.05) is 6.92 Å². The Morgan fingerprint density at radius 3 is 2.43 bits per heavy atom. The van der Waals surface area contributed by atoms with Gasteiger partial charge in [0.2, 0.25) is 5.43 Å². The van der Waals surface area contributed by atoms with Gasteiger partial charge in [-0.3, -0.25) is 4.79 Å². The second-order valence-electron chi connectivity index (χ2n) is 4.26. The molecule has 0 aromatic carbocycles. The van der Waals surface area contributed by atoms with Gasteiger partial charge in [-0.15, -0.1) is 0 Å². The number of aromatic nitrogens is 1. The molecule has 21 heavy (non-hydrogen) atoms. The van der Waals surface area contributed by atoms with Crippen LogP contribution in [0, 0.1) is 0 Å². The molecular formula is C14H20BrNO5. The summed E-state index contributed by atoms with van der Waals surface area (Å²) >= 11 is 3.27. The van der Waals surface area contributed by atoms with Crippen molar-refractivity contribution in [2.24, 2.45) is 0 Å². The van der Waals surface area contributed by atoms with Crippen LogP contribution in [0.3, 0.4) is 0 Å². The summed E-state index contributed by atoms with van der Waals surface area (Å²) in [5.74, 6) is -0.633. The first-order valence-electron chi connectivity index (χ1n) is 6.64. The molecule has 1 aromatic rings. The van der Waals surface area contributed by atoms with Crippen molar-refractivity contribution in [3.63, 3.8) is 0 Å². The lowest BCUT2D eigenvalue weighted by molar-refractivity contribution is -0.111. The topological polar surface area (TPSA) is 66.8 Å². The fourth-order valence-corrected chi connectivity index (χ4v) is 2.67. The van der Waals surface area contributed by atoms with Crippen LogP contribution in [0.5, 0.6) is 0 Å². The van der Waals surface area contributed by atoms with E-state index in [4.69, 9.17) is 14.2 Å². The van der Waals surface area contributed by atoms with E-state index in [1.54, 1.807) is 11.5 Å². The van der Waals surface area contributed by atoms with Gasteiger partial charge < -0.3 is 18.8 Å². The van der Waals surface area contributed by atoms with E-state index in [9.17, 15) is 9.59 Å². The largest absolute Gasteiger partial charge is 0.462 e. The Labute approximate surface area is 132 Å². The van der Waals surface area contributed by atoms with Gasteiger partial charge in [0.15, 0.2) is 6.29 Å². The van der Waals surface area contributed by atoms with Crippen molar-refractivity contribution >= 4 is 21.9 Å². The summed E-state index contributed by atoms with van der Waals surface area (Å²) in [6.07, 6.45) is 1.65. The molecule has 0 aliphatic rings. The number of hydrogen-bond donors (Lipinski definition) is 0. The number of carbonyl (C=O) groups is 1. The molecule has 0 saturated carbocycles. The molecule has 0 fully saturated rings. The first-order chi connectivity index (χ1) is 9.99. The number of nitrogens with zero attached hydrogens (tertiary/aromatic N) is 1. The Morgan fingerprint density at radius 1 is 1.33 bits per heavy atom. The minimum atomic E-state index is -0.633. The summed E-state index contributed by atoms with van der Waals surface area (Å²) < 4.78 is 17.4. The van der Waals surface area contributed by atoms with Crippen molar-refractivity contribution in [3.05, 3.63) is 32.2 Å². The Balaban J connectivity index is 3.34. The maximum atomic E-state index is 12.2. The number of pyridine rings is 1. The molecule has 1 aromatic heterocycles. The summed E-state index contributed by atoms with van der Waals surface area (Å²) in [6, 6.07) is 0. The quantitative estimate of drug-likeness (QED) is 0.548. The normalized spacial score (nSPS) is 11.0. The van der Waals surface area contributed by atoms with Crippen molar-refractivity contribution in [3.8, 4) is 0 Å². The molecular weight excluding hydrogens is 342 g/mol. The van der Waals surface area contributed by atoms with Gasteiger partial charge in [-0.05, 0) is 29.3 Å². The Bertz CT molecular complexity index is 551. The van der Waals surface area contributed by atoms with Crippen LogP contribution in [0.25, 0.3) is 0 Å². The van der Waals surface area contributed by atoms with E-state index < -0.39 is 12.3 Å². The molecule has 0 unspecified atom stereocenters. The van der Waals surface area contributed by atoms with Crippen molar-refractivity contribution in [1.29, 1.82) is 0 Å². The zero-order chi connectivity index (χ0) is 16.0. The minimum absolute atomic E-state index is 0.00752. The van der Waals surface area contributed by atoms with Crippen LogP contribution in [0.1, 0.15) is 29.9 Å². The summed E-state index contributed by atoms with van der Waals surface area (Å²) in [4.78, 5) is 24.1. The molecule has 1 rings (SSSR count). The van der Waals surface area contributed by atoms with Gasteiger partial charge >= 0.3 is 5.97 Å². The smallest absolute Gasteiger partial charge is 0.343 e. The van der Waals surface area contributed by atoms with E-state index in [1.807, 2.05) is 6.92 Å². The maximum absolute atomic E-state index is 12.2. The van der Waals surface area contributed by atoms with Crippen LogP contribution in [-0.4, -0.2) is 37.7 Å². The third-order valence-corrected chi connectivity index (χ3v) is 3.85. The van der Waals surface area contributed by atoms with Crippen molar-refractivity contribution in [1.82, 2.24) is 4.57 Å². The molecule has 0 radical (unpaired) electrons. The zero-order valence-electron chi connectivity index (χ0n) is 12.6. The molecule has 6 nitrogen and oxygen atoms in total. The average Bonchev–Trinajstić information content (AvgIpc) is 2.48. The highest BCUT2D eigenvalue weighted by molar-refractivity contribution is 9.10. The molecule has 0 bridgehead atoms. The van der Waals surface area contributed by atoms with Crippen molar-refractivity contribution in [2.45, 2.75) is 33.1 Å². The van der Waals surface area contributed by atoms with Crippen LogP contribution in [0.15, 0.2) is 15.5 Å². The molecule has 0 atom stereocenters. The molecule has 0 aliphatic carbocycles. The third-order valence-electron chi connectivity index (χ3n) is 3.03. The second-order valence-corrected chi connectivity index (χ2v) is 5.05. The number of halogens is 1. The molecule has 0 spiro atoms. The van der Waals surface area contributed by atoms with E-state index in [2.05, 4.69) is 15.9 Å². The fourth-order valence-electron chi connectivity index (χ4n) is 1.95. The predicted octanol–water partition coefficient (Wildman–Crippen LogP) is 1.97. The highest BCUT2D eigenvalue weighted by atomic mass is 79.9. The van der Waals surface area contributed by atoms with Crippen LogP contribution in [0.4, 0.5) is 0 Å². The molecule has 0 amide bonds. The van der Waals surface area contributed by atoms with Crippen molar-refractivity contribution < 1.29 is 19.0 Å². The highest BCUT2D eigenvalue weighted by Gasteiger charge is 2.20. The molecule has 118 valence electrons. The summed E-state index contributed by atoms with van der Waals surface area (Å²) in [5, 5.41) is 0. The van der Waals surface area contributed by atoms with Gasteiger partial charge in [0.1, 0.15) is 5.56 Å². The zero-order valence-corrected chi connectivity index (χ0v) is 14.2. The van der Waals surface area contributed by atoms with Gasteiger partial charge in [0.25, 0.3) is 0 Å². The predicted molar refractivity (Wildman–Crippen MR) is 81.5 cm³/mol. The van der Waals surface area contributed by atoms with Crippen molar-refractivity contribution in [2.75, 3.05) is 20.8 Å². The SMILES string of the molecule is CCOC(=O)c1cn(CC(OC)OC)c(CC)c(Br)c1=O. The third kappa shape index (κ3) is 4.15. The van der Waals surface area contributed by atoms with E-state index >= 15 is 0 Å². The number of rotatable bonds is 7. The van der Waals surface area contributed by atoms with E-state index in [1.165, 1.54) is 20.4 Å². The lowest BCUT2D eigenvalue weighted by atomic mass is 10.2. The standard InChI is InChI=1S/C14H20BrNO5/c1-5-10-12(15)13(17)9(14(18)21-6-2)7-16(10)8-11(19-3)20-4/h7,11H,5-6,8H2,1-4H3. The molecule has 7 heteroatoms. The minimum Gasteiger partial charge on any atom is -0.462 e. The van der Waals surface area contributed by atoms with Crippen LogP contribution in [-0.2, 0) is 27.2 Å². The second kappa shape index (κ2) is 8.31. The van der Waals surface area contributed by atoms with E-state index in [0.717, 1.165) is 5.69 Å². The fraction of sp³-hybridized carbons (Fsp3) is 0.571. The lowest BCUT2D eigenvalue weighted by Crippen LogP contribution is -2.28. The summed E-state index contributed by atoms with van der Waals surface area (Å²) in [7, 11) is 3.06. The van der Waals surface area contributed by atoms with E-state index in [0.29, 0.717) is 17.4 Å². The molecule has 0 aliphatic heterocycles. The Morgan fingerprint density at radius 2 is 1.95 bits per heavy atom. The number of hydrogen-bond acceptors (Lipinski definition) is 5. The Hall–Kier alpha value is -1.18. The number of esters is 1. The molecule has 0 saturated heterocycles.